The average Bonchev–Trinajstić information content (AvgIpc) is 2.30. The Kier molecular flexibility index (Phi) is 2.74. The van der Waals surface area contributed by atoms with Gasteiger partial charge in [-0.3, -0.25) is 4.98 Å². The second-order valence-corrected chi connectivity index (χ2v) is 3.11. The van der Waals surface area contributed by atoms with Crippen LogP contribution < -0.4 is 5.73 Å². The molecular weight excluding hydrogens is 186 g/mol. The van der Waals surface area contributed by atoms with Gasteiger partial charge in [-0.25, -0.2) is 4.98 Å². The van der Waals surface area contributed by atoms with Crippen LogP contribution in [-0.2, 0) is 0 Å². The largest absolute Gasteiger partial charge is 0.382 e. The fourth-order valence-corrected chi connectivity index (χ4v) is 1.18. The highest BCUT2D eigenvalue weighted by Gasteiger charge is 1.89. The van der Waals surface area contributed by atoms with E-state index in [1.165, 1.54) is 0 Å². The third-order valence-electron chi connectivity index (χ3n) is 1.94. The average molecular weight is 197 g/mol. The van der Waals surface area contributed by atoms with Gasteiger partial charge < -0.3 is 5.73 Å². The van der Waals surface area contributed by atoms with Crippen molar-refractivity contribution in [3.63, 3.8) is 0 Å². The van der Waals surface area contributed by atoms with Gasteiger partial charge in [0.1, 0.15) is 5.82 Å². The maximum Gasteiger partial charge on any atom is 0.141 e. The zero-order valence-electron chi connectivity index (χ0n) is 8.17. The predicted octanol–water partition coefficient (Wildman–Crippen LogP) is 2.23. The molecule has 0 aliphatic heterocycles. The Balaban J connectivity index is 2.15. The zero-order valence-corrected chi connectivity index (χ0v) is 8.17. The second-order valence-electron chi connectivity index (χ2n) is 3.11. The molecule has 0 aliphatic rings. The van der Waals surface area contributed by atoms with E-state index in [2.05, 4.69) is 9.97 Å². The lowest BCUT2D eigenvalue weighted by atomic mass is 10.2. The van der Waals surface area contributed by atoms with Crippen LogP contribution in [0.4, 0.5) is 5.82 Å². The number of anilines is 1. The van der Waals surface area contributed by atoms with Gasteiger partial charge >= 0.3 is 0 Å². The molecule has 1 aromatic carbocycles. The lowest BCUT2D eigenvalue weighted by Crippen LogP contribution is -1.91. The molecule has 74 valence electrons. The normalized spacial score (nSPS) is 10.7. The molecule has 0 fully saturated rings. The SMILES string of the molecule is Nc1cnc(/C=C/c2ccccc2)cn1. The quantitative estimate of drug-likeness (QED) is 0.803. The zero-order chi connectivity index (χ0) is 10.5. The second kappa shape index (κ2) is 4.37. The molecule has 0 saturated carbocycles. The molecule has 0 saturated heterocycles. The molecule has 2 N–H and O–H groups in total. The van der Waals surface area contributed by atoms with Crippen molar-refractivity contribution >= 4 is 18.0 Å². The lowest BCUT2D eigenvalue weighted by Gasteiger charge is -1.93. The summed E-state index contributed by atoms with van der Waals surface area (Å²) in [5, 5.41) is 0. The number of benzene rings is 1. The molecule has 2 aromatic rings. The van der Waals surface area contributed by atoms with Crippen molar-refractivity contribution in [2.24, 2.45) is 0 Å². The number of nitrogens with zero attached hydrogens (tertiary/aromatic N) is 2. The molecule has 3 heteroatoms. The molecule has 0 spiro atoms. The van der Waals surface area contributed by atoms with E-state index in [1.54, 1.807) is 12.4 Å². The standard InChI is InChI=1S/C12H11N3/c13-12-9-14-11(8-15-12)7-6-10-4-2-1-3-5-10/h1-9H,(H2,13,15)/b7-6+. The van der Waals surface area contributed by atoms with E-state index >= 15 is 0 Å². The smallest absolute Gasteiger partial charge is 0.141 e. The minimum Gasteiger partial charge on any atom is -0.382 e. The third kappa shape index (κ3) is 2.64. The van der Waals surface area contributed by atoms with E-state index < -0.39 is 0 Å². The molecule has 3 nitrogen and oxygen atoms in total. The summed E-state index contributed by atoms with van der Waals surface area (Å²) in [6, 6.07) is 10.0. The van der Waals surface area contributed by atoms with Crippen molar-refractivity contribution in [2.45, 2.75) is 0 Å². The van der Waals surface area contributed by atoms with Gasteiger partial charge in [-0.15, -0.1) is 0 Å². The van der Waals surface area contributed by atoms with Gasteiger partial charge in [0.05, 0.1) is 18.1 Å². The molecule has 2 rings (SSSR count). The molecular formula is C12H11N3. The van der Waals surface area contributed by atoms with Gasteiger partial charge in [-0.1, -0.05) is 36.4 Å². The summed E-state index contributed by atoms with van der Waals surface area (Å²) in [5.41, 5.74) is 7.37. The van der Waals surface area contributed by atoms with E-state index in [1.807, 2.05) is 42.5 Å². The highest BCUT2D eigenvalue weighted by atomic mass is 14.9. The van der Waals surface area contributed by atoms with E-state index in [4.69, 9.17) is 5.73 Å². The molecule has 1 aromatic heterocycles. The van der Waals surface area contributed by atoms with Crippen LogP contribution in [0.2, 0.25) is 0 Å². The first-order valence-electron chi connectivity index (χ1n) is 4.65. The Morgan fingerprint density at radius 2 is 1.73 bits per heavy atom. The monoisotopic (exact) mass is 197 g/mol. The van der Waals surface area contributed by atoms with Crippen LogP contribution in [0.1, 0.15) is 11.3 Å². The first kappa shape index (κ1) is 9.40. The number of hydrogen-bond donors (Lipinski definition) is 1. The van der Waals surface area contributed by atoms with Crippen molar-refractivity contribution < 1.29 is 0 Å². The number of hydrogen-bond acceptors (Lipinski definition) is 3. The van der Waals surface area contributed by atoms with Crippen LogP contribution in [0.3, 0.4) is 0 Å². The van der Waals surface area contributed by atoms with Gasteiger partial charge in [0.2, 0.25) is 0 Å². The van der Waals surface area contributed by atoms with Gasteiger partial charge in [-0.2, -0.15) is 0 Å². The van der Waals surface area contributed by atoms with E-state index in [9.17, 15) is 0 Å². The van der Waals surface area contributed by atoms with Crippen LogP contribution >= 0.6 is 0 Å². The highest BCUT2D eigenvalue weighted by molar-refractivity contribution is 5.67. The number of nitrogen functional groups attached to an aromatic ring is 1. The van der Waals surface area contributed by atoms with Crippen molar-refractivity contribution in [2.75, 3.05) is 5.73 Å². The predicted molar refractivity (Wildman–Crippen MR) is 61.8 cm³/mol. The maximum absolute atomic E-state index is 5.44. The van der Waals surface area contributed by atoms with Crippen molar-refractivity contribution in [1.29, 1.82) is 0 Å². The summed E-state index contributed by atoms with van der Waals surface area (Å²) < 4.78 is 0. The number of aromatic nitrogens is 2. The summed E-state index contributed by atoms with van der Waals surface area (Å²) in [6.45, 7) is 0. The van der Waals surface area contributed by atoms with Crippen LogP contribution in [0, 0.1) is 0 Å². The Labute approximate surface area is 88.3 Å². The van der Waals surface area contributed by atoms with Crippen LogP contribution in [-0.4, -0.2) is 9.97 Å². The molecule has 0 bridgehead atoms. The van der Waals surface area contributed by atoms with Crippen LogP contribution in [0.5, 0.6) is 0 Å². The Morgan fingerprint density at radius 1 is 0.933 bits per heavy atom. The Bertz CT molecular complexity index is 446. The topological polar surface area (TPSA) is 51.8 Å². The summed E-state index contributed by atoms with van der Waals surface area (Å²) in [7, 11) is 0. The number of rotatable bonds is 2. The fourth-order valence-electron chi connectivity index (χ4n) is 1.18. The molecule has 1 heterocycles. The van der Waals surface area contributed by atoms with Gasteiger partial charge in [0, 0.05) is 0 Å². The Hall–Kier alpha value is -2.16. The van der Waals surface area contributed by atoms with Crippen molar-refractivity contribution in [3.05, 3.63) is 54.0 Å². The number of nitrogens with two attached hydrogens (primary N) is 1. The molecule has 0 atom stereocenters. The first-order chi connectivity index (χ1) is 7.34. The minimum atomic E-state index is 0.437. The summed E-state index contributed by atoms with van der Waals surface area (Å²) in [5.74, 6) is 0.437. The highest BCUT2D eigenvalue weighted by Crippen LogP contribution is 2.05. The lowest BCUT2D eigenvalue weighted by molar-refractivity contribution is 1.19. The van der Waals surface area contributed by atoms with Gasteiger partial charge in [0.25, 0.3) is 0 Å². The van der Waals surface area contributed by atoms with Crippen molar-refractivity contribution in [3.8, 4) is 0 Å². The minimum absolute atomic E-state index is 0.437. The Morgan fingerprint density at radius 3 is 2.40 bits per heavy atom. The molecule has 15 heavy (non-hydrogen) atoms. The molecule has 0 amide bonds. The fraction of sp³-hybridized carbons (Fsp3) is 0. The van der Waals surface area contributed by atoms with E-state index in [0.29, 0.717) is 5.82 Å². The third-order valence-corrected chi connectivity index (χ3v) is 1.94. The van der Waals surface area contributed by atoms with Gasteiger partial charge in [-0.05, 0) is 11.6 Å². The van der Waals surface area contributed by atoms with Crippen molar-refractivity contribution in [1.82, 2.24) is 9.97 Å². The summed E-state index contributed by atoms with van der Waals surface area (Å²) in [6.07, 6.45) is 7.08. The van der Waals surface area contributed by atoms with E-state index in [-0.39, 0.29) is 0 Å². The van der Waals surface area contributed by atoms with E-state index in [0.717, 1.165) is 11.3 Å². The molecule has 0 aliphatic carbocycles. The summed E-state index contributed by atoms with van der Waals surface area (Å²) >= 11 is 0. The summed E-state index contributed by atoms with van der Waals surface area (Å²) in [4.78, 5) is 8.07. The molecule has 0 unspecified atom stereocenters. The van der Waals surface area contributed by atoms with Crippen LogP contribution in [0.15, 0.2) is 42.7 Å². The molecule has 0 radical (unpaired) electrons. The maximum atomic E-state index is 5.44. The first-order valence-corrected chi connectivity index (χ1v) is 4.65. The van der Waals surface area contributed by atoms with Gasteiger partial charge in [0.15, 0.2) is 0 Å². The van der Waals surface area contributed by atoms with Crippen LogP contribution in [0.25, 0.3) is 12.2 Å².